The second-order valence-electron chi connectivity index (χ2n) is 4.23. The molecule has 0 bridgehead atoms. The number of hydrogen-bond donors (Lipinski definition) is 2. The van der Waals surface area contributed by atoms with Gasteiger partial charge in [-0.1, -0.05) is 0 Å². The van der Waals surface area contributed by atoms with Crippen molar-refractivity contribution in [2.45, 2.75) is 6.54 Å². The molecule has 0 spiro atoms. The first kappa shape index (κ1) is 13.4. The maximum atomic E-state index is 5.41. The molecule has 0 amide bonds. The highest BCUT2D eigenvalue weighted by atomic mass is 32.1. The highest BCUT2D eigenvalue weighted by Crippen LogP contribution is 2.15. The zero-order chi connectivity index (χ0) is 14.7. The molecule has 0 aromatic carbocycles. The number of nitrogen functional groups attached to an aromatic ring is 1. The average Bonchev–Trinajstić information content (AvgIpc) is 3.20. The van der Waals surface area contributed by atoms with Crippen LogP contribution in [0.1, 0.15) is 5.56 Å². The monoisotopic (exact) mass is 303 g/mol. The lowest BCUT2D eigenvalue weighted by molar-refractivity contribution is 0.773. The summed E-state index contributed by atoms with van der Waals surface area (Å²) in [6.07, 6.45) is 2.92. The molecule has 10 heteroatoms. The molecule has 3 heterocycles. The Morgan fingerprint density at radius 3 is 2.95 bits per heavy atom. The van der Waals surface area contributed by atoms with E-state index in [1.165, 1.54) is 22.9 Å². The molecule has 0 saturated carbocycles. The molecule has 3 N–H and O–H groups in total. The molecular weight excluding hydrogens is 290 g/mol. The van der Waals surface area contributed by atoms with Crippen LogP contribution in [0.2, 0.25) is 0 Å². The Hall–Kier alpha value is -2.59. The highest BCUT2D eigenvalue weighted by Gasteiger charge is 2.12. The fraction of sp³-hybridized carbons (Fsp3) is 0.182. The van der Waals surface area contributed by atoms with Gasteiger partial charge in [-0.15, -0.1) is 0 Å². The molecule has 0 atom stereocenters. The maximum absolute atomic E-state index is 5.41. The Balaban J connectivity index is 1.92. The van der Waals surface area contributed by atoms with Gasteiger partial charge in [0.1, 0.15) is 12.7 Å². The van der Waals surface area contributed by atoms with E-state index >= 15 is 0 Å². The largest absolute Gasteiger partial charge is 0.339 e. The second-order valence-corrected chi connectivity index (χ2v) is 5.01. The number of nitrogens with two attached hydrogens (primary N) is 1. The van der Waals surface area contributed by atoms with Crippen LogP contribution in [0, 0.1) is 0 Å². The maximum Gasteiger partial charge on any atom is 0.258 e. The van der Waals surface area contributed by atoms with Gasteiger partial charge >= 0.3 is 0 Å². The number of rotatable bonds is 5. The Morgan fingerprint density at radius 2 is 2.29 bits per heavy atom. The fourth-order valence-corrected chi connectivity index (χ4v) is 2.39. The van der Waals surface area contributed by atoms with Gasteiger partial charge in [-0.3, -0.25) is 5.43 Å². The van der Waals surface area contributed by atoms with Crippen LogP contribution in [0.15, 0.2) is 29.5 Å². The summed E-state index contributed by atoms with van der Waals surface area (Å²) >= 11 is 1.65. The molecule has 108 valence electrons. The van der Waals surface area contributed by atoms with Gasteiger partial charge in [-0.2, -0.15) is 36.1 Å². The van der Waals surface area contributed by atoms with Crippen LogP contribution in [-0.2, 0) is 6.54 Å². The number of thiophene rings is 1. The second kappa shape index (κ2) is 5.81. The summed E-state index contributed by atoms with van der Waals surface area (Å²) in [5, 5.41) is 8.12. The summed E-state index contributed by atoms with van der Waals surface area (Å²) in [5.74, 6) is 6.52. The van der Waals surface area contributed by atoms with Gasteiger partial charge in [0.15, 0.2) is 0 Å². The number of aromatic nitrogens is 6. The number of nitrogens with zero attached hydrogens (tertiary/aromatic N) is 7. The Morgan fingerprint density at radius 1 is 1.38 bits per heavy atom. The van der Waals surface area contributed by atoms with Crippen LogP contribution in [0.5, 0.6) is 0 Å². The van der Waals surface area contributed by atoms with E-state index in [0.717, 1.165) is 0 Å². The minimum Gasteiger partial charge on any atom is -0.339 e. The highest BCUT2D eigenvalue weighted by molar-refractivity contribution is 7.07. The quantitative estimate of drug-likeness (QED) is 0.516. The molecule has 0 aliphatic heterocycles. The van der Waals surface area contributed by atoms with E-state index in [1.807, 2.05) is 17.3 Å². The van der Waals surface area contributed by atoms with E-state index in [2.05, 4.69) is 41.9 Å². The minimum absolute atomic E-state index is 0.266. The molecule has 0 aliphatic rings. The van der Waals surface area contributed by atoms with Gasteiger partial charge in [-0.25, -0.2) is 10.8 Å². The molecule has 0 aliphatic carbocycles. The van der Waals surface area contributed by atoms with Crippen molar-refractivity contribution in [3.63, 3.8) is 0 Å². The zero-order valence-electron chi connectivity index (χ0n) is 11.2. The third-order valence-electron chi connectivity index (χ3n) is 2.71. The Kier molecular flexibility index (Phi) is 3.71. The van der Waals surface area contributed by atoms with E-state index in [-0.39, 0.29) is 5.95 Å². The van der Waals surface area contributed by atoms with E-state index in [9.17, 15) is 0 Å². The lowest BCUT2D eigenvalue weighted by Gasteiger charge is -2.17. The molecule has 0 saturated heterocycles. The van der Waals surface area contributed by atoms with E-state index in [4.69, 9.17) is 5.84 Å². The molecule has 21 heavy (non-hydrogen) atoms. The molecule has 0 unspecified atom stereocenters. The zero-order valence-corrected chi connectivity index (χ0v) is 12.0. The van der Waals surface area contributed by atoms with Crippen LogP contribution in [0.25, 0.3) is 5.95 Å². The van der Waals surface area contributed by atoms with Crippen LogP contribution in [-0.4, -0.2) is 36.8 Å². The molecular formula is C11H13N9S. The first-order chi connectivity index (χ1) is 10.3. The number of hydrogen-bond acceptors (Lipinski definition) is 9. The number of anilines is 2. The first-order valence-corrected chi connectivity index (χ1v) is 7.00. The van der Waals surface area contributed by atoms with Gasteiger partial charge in [0.2, 0.25) is 11.9 Å². The first-order valence-electron chi connectivity index (χ1n) is 6.06. The molecule has 0 fully saturated rings. The lowest BCUT2D eigenvalue weighted by Crippen LogP contribution is -2.22. The molecule has 3 aromatic rings. The van der Waals surface area contributed by atoms with Crippen molar-refractivity contribution in [1.82, 2.24) is 29.7 Å². The lowest BCUT2D eigenvalue weighted by atomic mass is 10.3. The minimum atomic E-state index is 0.266. The third-order valence-corrected chi connectivity index (χ3v) is 3.44. The Labute approximate surface area is 124 Å². The molecule has 3 rings (SSSR count). The summed E-state index contributed by atoms with van der Waals surface area (Å²) in [5.41, 5.74) is 3.62. The summed E-state index contributed by atoms with van der Waals surface area (Å²) < 4.78 is 1.45. The topological polar surface area (TPSA) is 111 Å². The predicted molar refractivity (Wildman–Crippen MR) is 79.0 cm³/mol. The van der Waals surface area contributed by atoms with Crippen LogP contribution in [0.3, 0.4) is 0 Å². The number of nitrogens with one attached hydrogen (secondary N) is 1. The normalized spacial score (nSPS) is 10.6. The van der Waals surface area contributed by atoms with E-state index in [1.54, 1.807) is 11.3 Å². The molecule has 3 aromatic heterocycles. The van der Waals surface area contributed by atoms with Gasteiger partial charge < -0.3 is 4.90 Å². The van der Waals surface area contributed by atoms with Crippen molar-refractivity contribution in [3.05, 3.63) is 35.0 Å². The summed E-state index contributed by atoms with van der Waals surface area (Å²) in [4.78, 5) is 18.6. The van der Waals surface area contributed by atoms with Crippen molar-refractivity contribution >= 4 is 23.2 Å². The SMILES string of the molecule is CN(Cc1ccsc1)c1nc(NN)nc(-n2cncn2)n1. The third kappa shape index (κ3) is 2.95. The smallest absolute Gasteiger partial charge is 0.258 e. The van der Waals surface area contributed by atoms with Gasteiger partial charge in [0, 0.05) is 13.6 Å². The summed E-state index contributed by atoms with van der Waals surface area (Å²) in [6.45, 7) is 0.689. The van der Waals surface area contributed by atoms with Crippen molar-refractivity contribution in [2.24, 2.45) is 5.84 Å². The Bertz CT molecular complexity index is 695. The summed E-state index contributed by atoms with van der Waals surface area (Å²) in [6, 6.07) is 2.06. The predicted octanol–water partition coefficient (Wildman–Crippen LogP) is 0.436. The van der Waals surface area contributed by atoms with Crippen LogP contribution >= 0.6 is 11.3 Å². The van der Waals surface area contributed by atoms with Crippen LogP contribution in [0.4, 0.5) is 11.9 Å². The molecule has 9 nitrogen and oxygen atoms in total. The average molecular weight is 303 g/mol. The molecule has 0 radical (unpaired) electrons. The van der Waals surface area contributed by atoms with E-state index < -0.39 is 0 Å². The fourth-order valence-electron chi connectivity index (χ4n) is 1.73. The van der Waals surface area contributed by atoms with E-state index in [0.29, 0.717) is 18.4 Å². The van der Waals surface area contributed by atoms with Gasteiger partial charge in [-0.05, 0) is 22.4 Å². The van der Waals surface area contributed by atoms with Crippen molar-refractivity contribution in [2.75, 3.05) is 17.4 Å². The van der Waals surface area contributed by atoms with Crippen molar-refractivity contribution < 1.29 is 0 Å². The van der Waals surface area contributed by atoms with Gasteiger partial charge in [0.25, 0.3) is 5.95 Å². The van der Waals surface area contributed by atoms with Crippen molar-refractivity contribution in [1.29, 1.82) is 0 Å². The van der Waals surface area contributed by atoms with Crippen molar-refractivity contribution in [3.8, 4) is 5.95 Å². The standard InChI is InChI=1S/C11H13N9S/c1-19(4-8-2-3-21-5-8)10-15-9(18-12)16-11(17-10)20-7-13-6-14-20/h2-3,5-7H,4,12H2,1H3,(H,15,16,17,18). The number of hydrazine groups is 1. The van der Waals surface area contributed by atoms with Crippen LogP contribution < -0.4 is 16.2 Å². The van der Waals surface area contributed by atoms with Gasteiger partial charge in [0.05, 0.1) is 0 Å². The summed E-state index contributed by atoms with van der Waals surface area (Å²) in [7, 11) is 1.90.